The fourth-order valence-corrected chi connectivity index (χ4v) is 3.10. The Labute approximate surface area is 147 Å². The normalized spacial score (nSPS) is 21.2. The van der Waals surface area contributed by atoms with Gasteiger partial charge in [-0.15, -0.1) is 5.10 Å². The number of nitrogens with one attached hydrogen (secondary N) is 1. The molecular formula is C15H19F3N6O2. The Kier molecular flexibility index (Phi) is 4.51. The molecule has 2 aromatic heterocycles. The fourth-order valence-electron chi connectivity index (χ4n) is 3.10. The van der Waals surface area contributed by atoms with Crippen molar-refractivity contribution in [3.05, 3.63) is 17.5 Å². The topological polar surface area (TPSA) is 84.6 Å². The molecule has 1 fully saturated rings. The zero-order valence-corrected chi connectivity index (χ0v) is 14.6. The number of hydrogen-bond acceptors (Lipinski definition) is 5. The third-order valence-corrected chi connectivity index (χ3v) is 4.49. The molecule has 1 saturated heterocycles. The van der Waals surface area contributed by atoms with Crippen LogP contribution in [0.25, 0.3) is 5.78 Å². The lowest BCUT2D eigenvalue weighted by Gasteiger charge is -2.42. The lowest BCUT2D eigenvalue weighted by molar-refractivity contribution is -0.280. The number of carbonyl (C=O) groups is 1. The number of halogens is 3. The van der Waals surface area contributed by atoms with Crippen molar-refractivity contribution in [1.29, 1.82) is 0 Å². The summed E-state index contributed by atoms with van der Waals surface area (Å²) in [4.78, 5) is 21.8. The molecule has 3 rings (SSSR count). The average molecular weight is 372 g/mol. The molecule has 1 atom stereocenters. The van der Waals surface area contributed by atoms with Gasteiger partial charge in [0.25, 0.3) is 11.7 Å². The molecule has 142 valence electrons. The number of alkyl halides is 3. The minimum Gasteiger partial charge on any atom is -0.367 e. The van der Waals surface area contributed by atoms with Gasteiger partial charge in [0.05, 0.1) is 6.54 Å². The molecule has 11 heteroatoms. The highest BCUT2D eigenvalue weighted by Gasteiger charge is 2.57. The predicted molar refractivity (Wildman–Crippen MR) is 85.9 cm³/mol. The molecule has 1 aliphatic heterocycles. The summed E-state index contributed by atoms with van der Waals surface area (Å²) in [5, 5.41) is 6.57. The fraction of sp³-hybridized carbons (Fsp3) is 0.600. The second-order valence-electron chi connectivity index (χ2n) is 6.34. The number of likely N-dealkylation sites (tertiary alicyclic amines) is 1. The zero-order valence-electron chi connectivity index (χ0n) is 14.6. The first-order chi connectivity index (χ1) is 12.1. The van der Waals surface area contributed by atoms with Crippen LogP contribution in [-0.2, 0) is 4.74 Å². The lowest BCUT2D eigenvalue weighted by atomic mass is 9.92. The number of fused-ring (bicyclic) bond motifs is 1. The number of urea groups is 1. The number of aromatic nitrogens is 4. The highest BCUT2D eigenvalue weighted by Crippen LogP contribution is 2.40. The number of anilines is 1. The maximum Gasteiger partial charge on any atom is 0.419 e. The van der Waals surface area contributed by atoms with Crippen LogP contribution < -0.4 is 5.32 Å². The number of methoxy groups -OCH3 is 1. The Morgan fingerprint density at radius 3 is 2.73 bits per heavy atom. The van der Waals surface area contributed by atoms with E-state index in [1.807, 2.05) is 6.92 Å². The van der Waals surface area contributed by atoms with Gasteiger partial charge >= 0.3 is 12.2 Å². The summed E-state index contributed by atoms with van der Waals surface area (Å²) >= 11 is 0. The molecule has 1 unspecified atom stereocenters. The number of aryl methyl sites for hydroxylation is 2. The predicted octanol–water partition coefficient (Wildman–Crippen LogP) is 2.32. The molecule has 0 spiro atoms. The van der Waals surface area contributed by atoms with E-state index < -0.39 is 24.4 Å². The van der Waals surface area contributed by atoms with E-state index in [1.54, 1.807) is 13.0 Å². The van der Waals surface area contributed by atoms with Crippen LogP contribution in [0, 0.1) is 13.8 Å². The smallest absolute Gasteiger partial charge is 0.367 e. The Hall–Kier alpha value is -2.43. The van der Waals surface area contributed by atoms with E-state index in [0.29, 0.717) is 5.78 Å². The van der Waals surface area contributed by atoms with Gasteiger partial charge in [-0.3, -0.25) is 5.32 Å². The van der Waals surface area contributed by atoms with Gasteiger partial charge in [-0.2, -0.15) is 22.7 Å². The summed E-state index contributed by atoms with van der Waals surface area (Å²) in [6.07, 6.45) is -4.58. The molecule has 8 nitrogen and oxygen atoms in total. The molecule has 26 heavy (non-hydrogen) atoms. The second-order valence-corrected chi connectivity index (χ2v) is 6.34. The highest BCUT2D eigenvalue weighted by molar-refractivity contribution is 5.87. The van der Waals surface area contributed by atoms with Crippen molar-refractivity contribution >= 4 is 17.8 Å². The van der Waals surface area contributed by atoms with Gasteiger partial charge in [0.1, 0.15) is 0 Å². The number of hydrogen-bond donors (Lipinski definition) is 1. The Morgan fingerprint density at radius 2 is 2.08 bits per heavy atom. The molecule has 1 aliphatic rings. The van der Waals surface area contributed by atoms with Crippen LogP contribution in [0.2, 0.25) is 0 Å². The summed E-state index contributed by atoms with van der Waals surface area (Å²) < 4.78 is 46.3. The Bertz CT molecular complexity index is 837. The van der Waals surface area contributed by atoms with Gasteiger partial charge in [0.15, 0.2) is 5.60 Å². The van der Waals surface area contributed by atoms with Crippen LogP contribution in [0.15, 0.2) is 6.07 Å². The van der Waals surface area contributed by atoms with E-state index in [2.05, 4.69) is 20.4 Å². The quantitative estimate of drug-likeness (QED) is 0.875. The molecular weight excluding hydrogens is 353 g/mol. The van der Waals surface area contributed by atoms with Crippen molar-refractivity contribution in [2.45, 2.75) is 38.5 Å². The maximum absolute atomic E-state index is 13.4. The first-order valence-corrected chi connectivity index (χ1v) is 8.04. The van der Waals surface area contributed by atoms with Crippen molar-refractivity contribution in [2.75, 3.05) is 25.5 Å². The van der Waals surface area contributed by atoms with Crippen LogP contribution in [0.5, 0.6) is 0 Å². The SMILES string of the molecule is COC1(C(F)(F)F)CCCN(C(=O)Nc2nc3nc(C)cc(C)n3n2)C1. The molecule has 0 radical (unpaired) electrons. The first kappa shape index (κ1) is 18.4. The van der Waals surface area contributed by atoms with E-state index in [1.165, 1.54) is 4.52 Å². The van der Waals surface area contributed by atoms with E-state index in [0.717, 1.165) is 23.4 Å². The van der Waals surface area contributed by atoms with E-state index in [4.69, 9.17) is 4.74 Å². The second kappa shape index (κ2) is 6.38. The van der Waals surface area contributed by atoms with Crippen molar-refractivity contribution in [3.8, 4) is 0 Å². The summed E-state index contributed by atoms with van der Waals surface area (Å²) in [5.41, 5.74) is -0.843. The summed E-state index contributed by atoms with van der Waals surface area (Å²) in [5.74, 6) is 0.287. The van der Waals surface area contributed by atoms with Crippen LogP contribution in [0.1, 0.15) is 24.2 Å². The van der Waals surface area contributed by atoms with Gasteiger partial charge in [0.2, 0.25) is 0 Å². The van der Waals surface area contributed by atoms with Gasteiger partial charge in [-0.05, 0) is 32.8 Å². The Morgan fingerprint density at radius 1 is 1.35 bits per heavy atom. The Balaban J connectivity index is 1.79. The largest absolute Gasteiger partial charge is 0.419 e. The van der Waals surface area contributed by atoms with Crippen LogP contribution >= 0.6 is 0 Å². The number of amides is 2. The molecule has 0 bridgehead atoms. The van der Waals surface area contributed by atoms with Gasteiger partial charge in [-0.25, -0.2) is 9.78 Å². The number of carbonyl (C=O) groups excluding carboxylic acids is 1. The third-order valence-electron chi connectivity index (χ3n) is 4.49. The molecule has 0 aromatic carbocycles. The van der Waals surface area contributed by atoms with Crippen LogP contribution in [-0.4, -0.2) is 62.5 Å². The molecule has 0 aliphatic carbocycles. The summed E-state index contributed by atoms with van der Waals surface area (Å²) in [7, 11) is 1.01. The van der Waals surface area contributed by atoms with Crippen LogP contribution in [0.3, 0.4) is 0 Å². The molecule has 2 amide bonds. The number of piperidine rings is 1. The lowest BCUT2D eigenvalue weighted by Crippen LogP contribution is -2.59. The van der Waals surface area contributed by atoms with Crippen molar-refractivity contribution in [2.24, 2.45) is 0 Å². The molecule has 1 N–H and O–H groups in total. The van der Waals surface area contributed by atoms with E-state index in [-0.39, 0.29) is 25.3 Å². The van der Waals surface area contributed by atoms with Crippen LogP contribution in [0.4, 0.5) is 23.9 Å². The van der Waals surface area contributed by atoms with E-state index in [9.17, 15) is 18.0 Å². The molecule has 3 heterocycles. The van der Waals surface area contributed by atoms with Crippen molar-refractivity contribution in [3.63, 3.8) is 0 Å². The highest BCUT2D eigenvalue weighted by atomic mass is 19.4. The zero-order chi connectivity index (χ0) is 19.1. The van der Waals surface area contributed by atoms with E-state index >= 15 is 0 Å². The number of ether oxygens (including phenoxy) is 1. The monoisotopic (exact) mass is 372 g/mol. The van der Waals surface area contributed by atoms with Gasteiger partial charge < -0.3 is 9.64 Å². The first-order valence-electron chi connectivity index (χ1n) is 8.04. The minimum atomic E-state index is -4.57. The average Bonchev–Trinajstić information content (AvgIpc) is 2.96. The minimum absolute atomic E-state index is 0.0169. The number of rotatable bonds is 2. The molecule has 0 saturated carbocycles. The van der Waals surface area contributed by atoms with Gasteiger partial charge in [-0.1, -0.05) is 0 Å². The number of nitrogens with zero attached hydrogens (tertiary/aromatic N) is 5. The standard InChI is InChI=1S/C15H19F3N6O2/c1-9-7-10(2)24-12(19-9)20-11(22-24)21-13(25)23-6-4-5-14(8-23,26-3)15(16,17)18/h7H,4-6,8H2,1-3H3,(H,21,22,25). The summed E-state index contributed by atoms with van der Waals surface area (Å²) in [6.45, 7) is 3.22. The van der Waals surface area contributed by atoms with Crippen molar-refractivity contribution in [1.82, 2.24) is 24.5 Å². The van der Waals surface area contributed by atoms with Crippen molar-refractivity contribution < 1.29 is 22.7 Å². The third kappa shape index (κ3) is 3.18. The molecule has 2 aromatic rings. The van der Waals surface area contributed by atoms with Gasteiger partial charge in [0, 0.05) is 25.0 Å². The maximum atomic E-state index is 13.4. The summed E-state index contributed by atoms with van der Waals surface area (Å²) in [6, 6.07) is 1.09.